The summed E-state index contributed by atoms with van der Waals surface area (Å²) in [4.78, 5) is 12.2. The van der Waals surface area contributed by atoms with Crippen LogP contribution in [0.5, 0.6) is 0 Å². The van der Waals surface area contributed by atoms with Gasteiger partial charge in [-0.05, 0) is 49.2 Å². The Morgan fingerprint density at radius 3 is 2.70 bits per heavy atom. The van der Waals surface area contributed by atoms with Crippen LogP contribution >= 0.6 is 11.6 Å². The third-order valence-corrected chi connectivity index (χ3v) is 3.45. The Bertz CT molecular complexity index is 806. The van der Waals surface area contributed by atoms with Gasteiger partial charge in [-0.1, -0.05) is 29.8 Å². The first-order chi connectivity index (χ1) is 11.0. The zero-order valence-electron chi connectivity index (χ0n) is 12.9. The van der Waals surface area contributed by atoms with Crippen molar-refractivity contribution in [2.24, 2.45) is 0 Å². The number of rotatable bonds is 4. The Morgan fingerprint density at radius 1 is 1.22 bits per heavy atom. The second-order valence-electron chi connectivity index (χ2n) is 5.10. The molecule has 2 rings (SSSR count). The lowest BCUT2D eigenvalue weighted by atomic mass is 10.2. The summed E-state index contributed by atoms with van der Waals surface area (Å²) in [6.07, 6.45) is 1.38. The Hall–Kier alpha value is -2.77. The van der Waals surface area contributed by atoms with Crippen molar-refractivity contribution in [2.45, 2.75) is 13.8 Å². The van der Waals surface area contributed by atoms with Crippen molar-refractivity contribution in [1.82, 2.24) is 0 Å². The maximum atomic E-state index is 12.2. The van der Waals surface area contributed by atoms with Crippen LogP contribution in [0.15, 0.2) is 54.2 Å². The zero-order chi connectivity index (χ0) is 16.8. The molecule has 0 atom stereocenters. The van der Waals surface area contributed by atoms with Crippen molar-refractivity contribution in [3.05, 3.63) is 70.4 Å². The van der Waals surface area contributed by atoms with Crippen molar-refractivity contribution >= 4 is 28.9 Å². The van der Waals surface area contributed by atoms with E-state index in [-0.39, 0.29) is 5.57 Å². The number of aryl methyl sites for hydroxylation is 2. The minimum atomic E-state index is -0.467. The van der Waals surface area contributed by atoms with E-state index in [4.69, 9.17) is 11.6 Å². The molecule has 23 heavy (non-hydrogen) atoms. The number of hydrogen-bond donors (Lipinski definition) is 2. The number of anilines is 2. The first-order valence-corrected chi connectivity index (χ1v) is 7.38. The second kappa shape index (κ2) is 7.48. The fourth-order valence-electron chi connectivity index (χ4n) is 1.97. The average Bonchev–Trinajstić information content (AvgIpc) is 2.51. The van der Waals surface area contributed by atoms with Gasteiger partial charge in [0.15, 0.2) is 0 Å². The van der Waals surface area contributed by atoms with E-state index < -0.39 is 5.91 Å². The highest BCUT2D eigenvalue weighted by molar-refractivity contribution is 6.30. The number of amides is 1. The number of benzene rings is 2. The van der Waals surface area contributed by atoms with Gasteiger partial charge in [-0.3, -0.25) is 4.79 Å². The molecule has 116 valence electrons. The predicted molar refractivity (Wildman–Crippen MR) is 93.3 cm³/mol. The lowest BCUT2D eigenvalue weighted by molar-refractivity contribution is -0.112. The van der Waals surface area contributed by atoms with Crippen molar-refractivity contribution in [2.75, 3.05) is 10.6 Å². The van der Waals surface area contributed by atoms with E-state index in [2.05, 4.69) is 10.6 Å². The van der Waals surface area contributed by atoms with Crippen molar-refractivity contribution in [3.63, 3.8) is 0 Å². The lowest BCUT2D eigenvalue weighted by Crippen LogP contribution is -2.14. The van der Waals surface area contributed by atoms with Gasteiger partial charge in [0, 0.05) is 22.6 Å². The van der Waals surface area contributed by atoms with Crippen LogP contribution in [0.4, 0.5) is 11.4 Å². The topological polar surface area (TPSA) is 64.9 Å². The maximum Gasteiger partial charge on any atom is 0.267 e. The molecule has 2 aromatic carbocycles. The number of nitrogens with zero attached hydrogens (tertiary/aromatic N) is 1. The number of halogens is 1. The van der Waals surface area contributed by atoms with Gasteiger partial charge in [0.25, 0.3) is 5.91 Å². The molecule has 2 aromatic rings. The van der Waals surface area contributed by atoms with Crippen LogP contribution in [0.3, 0.4) is 0 Å². The molecule has 0 aromatic heterocycles. The Morgan fingerprint density at radius 2 is 2.00 bits per heavy atom. The van der Waals surface area contributed by atoms with Gasteiger partial charge in [0.2, 0.25) is 0 Å². The van der Waals surface area contributed by atoms with Crippen LogP contribution < -0.4 is 10.6 Å². The van der Waals surface area contributed by atoms with E-state index in [1.54, 1.807) is 18.2 Å². The summed E-state index contributed by atoms with van der Waals surface area (Å²) in [7, 11) is 0. The highest BCUT2D eigenvalue weighted by Gasteiger charge is 2.09. The summed E-state index contributed by atoms with van der Waals surface area (Å²) in [6, 6.07) is 14.6. The molecule has 0 unspecified atom stereocenters. The van der Waals surface area contributed by atoms with E-state index in [0.29, 0.717) is 10.7 Å². The highest BCUT2D eigenvalue weighted by atomic mass is 35.5. The lowest BCUT2D eigenvalue weighted by Gasteiger charge is -2.08. The van der Waals surface area contributed by atoms with Gasteiger partial charge in [-0.25, -0.2) is 0 Å². The third kappa shape index (κ3) is 4.60. The van der Waals surface area contributed by atoms with E-state index in [9.17, 15) is 10.1 Å². The third-order valence-electron chi connectivity index (χ3n) is 3.21. The molecular formula is C18H16ClN3O. The summed E-state index contributed by atoms with van der Waals surface area (Å²) in [5.74, 6) is -0.467. The minimum Gasteiger partial charge on any atom is -0.360 e. The van der Waals surface area contributed by atoms with E-state index in [0.717, 1.165) is 16.8 Å². The number of nitrogens with one attached hydrogen (secondary N) is 2. The molecule has 0 aliphatic rings. The van der Waals surface area contributed by atoms with Crippen LogP contribution in [0.1, 0.15) is 11.1 Å². The predicted octanol–water partition coefficient (Wildman–Crippen LogP) is 4.41. The molecule has 0 spiro atoms. The van der Waals surface area contributed by atoms with E-state index in [1.807, 2.05) is 44.2 Å². The number of hydrogen-bond acceptors (Lipinski definition) is 3. The highest BCUT2D eigenvalue weighted by Crippen LogP contribution is 2.20. The standard InChI is InChI=1S/C18H16ClN3O/c1-12-4-3-5-16(8-12)22-18(23)14(10-20)11-21-17-9-15(19)7-6-13(17)2/h3-9,11,21H,1-2H3,(H,22,23)/b14-11-. The molecule has 0 aliphatic heterocycles. The fraction of sp³-hybridized carbons (Fsp3) is 0.111. The zero-order valence-corrected chi connectivity index (χ0v) is 13.6. The second-order valence-corrected chi connectivity index (χ2v) is 5.53. The van der Waals surface area contributed by atoms with Gasteiger partial charge < -0.3 is 10.6 Å². The molecule has 5 heteroatoms. The quantitative estimate of drug-likeness (QED) is 0.646. The maximum absolute atomic E-state index is 12.2. The SMILES string of the molecule is Cc1cccc(NC(=O)/C(C#N)=C\Nc2cc(Cl)ccc2C)c1. The summed E-state index contributed by atoms with van der Waals surface area (Å²) in [5.41, 5.74) is 3.36. The fourth-order valence-corrected chi connectivity index (χ4v) is 2.14. The van der Waals surface area contributed by atoms with E-state index >= 15 is 0 Å². The molecule has 0 heterocycles. The average molecular weight is 326 g/mol. The van der Waals surface area contributed by atoms with E-state index in [1.165, 1.54) is 6.20 Å². The smallest absolute Gasteiger partial charge is 0.267 e. The molecule has 0 saturated heterocycles. The summed E-state index contributed by atoms with van der Waals surface area (Å²) in [6.45, 7) is 3.84. The van der Waals surface area contributed by atoms with Crippen molar-refractivity contribution in [1.29, 1.82) is 5.26 Å². The van der Waals surface area contributed by atoms with Gasteiger partial charge in [0.05, 0.1) is 0 Å². The van der Waals surface area contributed by atoms with Gasteiger partial charge in [0.1, 0.15) is 11.6 Å². The largest absolute Gasteiger partial charge is 0.360 e. The first kappa shape index (κ1) is 16.6. The normalized spacial score (nSPS) is 10.8. The summed E-state index contributed by atoms with van der Waals surface area (Å²) < 4.78 is 0. The van der Waals surface area contributed by atoms with Crippen molar-refractivity contribution < 1.29 is 4.79 Å². The minimum absolute atomic E-state index is 0.0223. The van der Waals surface area contributed by atoms with Gasteiger partial charge in [-0.2, -0.15) is 5.26 Å². The Balaban J connectivity index is 2.14. The van der Waals surface area contributed by atoms with Crippen LogP contribution in [-0.2, 0) is 4.79 Å². The summed E-state index contributed by atoms with van der Waals surface area (Å²) >= 11 is 5.95. The molecule has 0 radical (unpaired) electrons. The molecule has 0 aliphatic carbocycles. The molecule has 0 saturated carbocycles. The Kier molecular flexibility index (Phi) is 5.40. The van der Waals surface area contributed by atoms with Crippen molar-refractivity contribution in [3.8, 4) is 6.07 Å². The van der Waals surface area contributed by atoms with Crippen LogP contribution in [0.25, 0.3) is 0 Å². The number of nitriles is 1. The molecule has 0 fully saturated rings. The van der Waals surface area contributed by atoms with Crippen LogP contribution in [0, 0.1) is 25.2 Å². The molecule has 2 N–H and O–H groups in total. The monoisotopic (exact) mass is 325 g/mol. The van der Waals surface area contributed by atoms with Crippen LogP contribution in [-0.4, -0.2) is 5.91 Å². The van der Waals surface area contributed by atoms with Gasteiger partial charge in [-0.15, -0.1) is 0 Å². The van der Waals surface area contributed by atoms with Crippen LogP contribution in [0.2, 0.25) is 5.02 Å². The molecule has 0 bridgehead atoms. The summed E-state index contributed by atoms with van der Waals surface area (Å²) in [5, 5.41) is 15.4. The molecule has 4 nitrogen and oxygen atoms in total. The molecular weight excluding hydrogens is 310 g/mol. The Labute approximate surface area is 140 Å². The first-order valence-electron chi connectivity index (χ1n) is 7.00. The van der Waals surface area contributed by atoms with Gasteiger partial charge >= 0.3 is 0 Å². The molecule has 1 amide bonds. The number of carbonyl (C=O) groups is 1. The number of carbonyl (C=O) groups excluding carboxylic acids is 1.